The Morgan fingerprint density at radius 1 is 1.11 bits per heavy atom. The Balaban J connectivity index is 1.82. The Hall–Kier alpha value is -1.27. The molecule has 0 bridgehead atoms. The van der Waals surface area contributed by atoms with Crippen LogP contribution in [0.1, 0.15) is 12.8 Å². The van der Waals surface area contributed by atoms with Gasteiger partial charge in [-0.25, -0.2) is 13.2 Å². The Morgan fingerprint density at radius 3 is 2.33 bits per heavy atom. The first-order valence-electron chi connectivity index (χ1n) is 5.67. The maximum atomic E-state index is 12.9. The summed E-state index contributed by atoms with van der Waals surface area (Å²) in [4.78, 5) is 0. The third-order valence-electron chi connectivity index (χ3n) is 2.48. The van der Waals surface area contributed by atoms with E-state index >= 15 is 0 Å². The van der Waals surface area contributed by atoms with Gasteiger partial charge in [0.15, 0.2) is 23.7 Å². The van der Waals surface area contributed by atoms with Crippen LogP contribution in [0.25, 0.3) is 0 Å². The van der Waals surface area contributed by atoms with E-state index in [1.807, 2.05) is 0 Å². The topological polar surface area (TPSA) is 27.7 Å². The molecule has 0 aromatic heterocycles. The van der Waals surface area contributed by atoms with Crippen LogP contribution < -0.4 is 4.74 Å². The van der Waals surface area contributed by atoms with Gasteiger partial charge in [-0.05, 0) is 6.42 Å². The average Bonchev–Trinajstić information content (AvgIpc) is 2.37. The summed E-state index contributed by atoms with van der Waals surface area (Å²) in [5, 5.41) is 0. The molecule has 1 aliphatic heterocycles. The van der Waals surface area contributed by atoms with Gasteiger partial charge in [-0.15, -0.1) is 0 Å². The molecule has 6 heteroatoms. The quantitative estimate of drug-likeness (QED) is 0.781. The first kappa shape index (κ1) is 13.2. The lowest BCUT2D eigenvalue weighted by atomic mass is 10.3. The molecule has 0 N–H and O–H groups in total. The van der Waals surface area contributed by atoms with Crippen LogP contribution in [-0.2, 0) is 9.47 Å². The molecular weight excluding hydrogens is 249 g/mol. The molecule has 0 atom stereocenters. The van der Waals surface area contributed by atoms with Crippen molar-refractivity contribution in [3.8, 4) is 5.75 Å². The number of benzene rings is 1. The second kappa shape index (κ2) is 6.06. The van der Waals surface area contributed by atoms with E-state index in [4.69, 9.17) is 14.2 Å². The molecule has 0 aliphatic carbocycles. The van der Waals surface area contributed by atoms with Crippen LogP contribution in [0.4, 0.5) is 13.2 Å². The van der Waals surface area contributed by atoms with E-state index in [2.05, 4.69) is 0 Å². The number of rotatable bonds is 4. The molecule has 0 unspecified atom stereocenters. The van der Waals surface area contributed by atoms with Crippen LogP contribution in [0.2, 0.25) is 0 Å². The van der Waals surface area contributed by atoms with Gasteiger partial charge in [-0.1, -0.05) is 0 Å². The van der Waals surface area contributed by atoms with Gasteiger partial charge in [0.25, 0.3) is 0 Å². The number of hydrogen-bond acceptors (Lipinski definition) is 3. The number of hydrogen-bond donors (Lipinski definition) is 0. The fraction of sp³-hybridized carbons (Fsp3) is 0.500. The van der Waals surface area contributed by atoms with E-state index < -0.39 is 17.5 Å². The van der Waals surface area contributed by atoms with E-state index in [1.54, 1.807) is 0 Å². The summed E-state index contributed by atoms with van der Waals surface area (Å²) in [5.74, 6) is -4.09. The smallest absolute Gasteiger partial charge is 0.194 e. The lowest BCUT2D eigenvalue weighted by Gasteiger charge is -2.23. The van der Waals surface area contributed by atoms with Crippen LogP contribution in [-0.4, -0.2) is 26.1 Å². The first-order chi connectivity index (χ1) is 8.66. The highest BCUT2D eigenvalue weighted by molar-refractivity contribution is 5.24. The maximum absolute atomic E-state index is 12.9. The fourth-order valence-electron chi connectivity index (χ4n) is 1.59. The molecule has 1 saturated heterocycles. The van der Waals surface area contributed by atoms with Gasteiger partial charge in [-0.2, -0.15) is 0 Å². The van der Waals surface area contributed by atoms with Crippen molar-refractivity contribution in [2.24, 2.45) is 0 Å². The van der Waals surface area contributed by atoms with Gasteiger partial charge in [0.05, 0.1) is 19.8 Å². The highest BCUT2D eigenvalue weighted by Gasteiger charge is 2.15. The molecule has 2 rings (SSSR count). The minimum absolute atomic E-state index is 0.0535. The summed E-state index contributed by atoms with van der Waals surface area (Å²) >= 11 is 0. The van der Waals surface area contributed by atoms with Gasteiger partial charge in [0, 0.05) is 18.6 Å². The van der Waals surface area contributed by atoms with Gasteiger partial charge in [0.1, 0.15) is 5.75 Å². The Bertz CT molecular complexity index is 383. The summed E-state index contributed by atoms with van der Waals surface area (Å²) < 4.78 is 54.1. The molecule has 1 fully saturated rings. The minimum atomic E-state index is -1.50. The summed E-state index contributed by atoms with van der Waals surface area (Å²) in [6.07, 6.45) is 0.945. The third-order valence-corrected chi connectivity index (χ3v) is 2.48. The standard InChI is InChI=1S/C12H13F3O3/c13-9-6-8(7-10(14)12(9)15)16-5-2-11-17-3-1-4-18-11/h6-7,11H,1-5H2. The molecule has 1 aromatic rings. The van der Waals surface area contributed by atoms with Crippen molar-refractivity contribution in [1.29, 1.82) is 0 Å². The van der Waals surface area contributed by atoms with Crippen LogP contribution in [0.5, 0.6) is 5.75 Å². The minimum Gasteiger partial charge on any atom is -0.493 e. The van der Waals surface area contributed by atoms with Gasteiger partial charge < -0.3 is 14.2 Å². The maximum Gasteiger partial charge on any atom is 0.194 e. The van der Waals surface area contributed by atoms with Crippen LogP contribution in [0.15, 0.2) is 12.1 Å². The van der Waals surface area contributed by atoms with Gasteiger partial charge >= 0.3 is 0 Å². The van der Waals surface area contributed by atoms with E-state index in [0.29, 0.717) is 19.6 Å². The van der Waals surface area contributed by atoms with Crippen molar-refractivity contribution in [3.63, 3.8) is 0 Å². The Morgan fingerprint density at radius 2 is 1.72 bits per heavy atom. The zero-order valence-corrected chi connectivity index (χ0v) is 9.63. The molecule has 18 heavy (non-hydrogen) atoms. The van der Waals surface area contributed by atoms with E-state index in [1.165, 1.54) is 0 Å². The summed E-state index contributed by atoms with van der Waals surface area (Å²) in [5.41, 5.74) is 0. The zero-order chi connectivity index (χ0) is 13.0. The van der Waals surface area contributed by atoms with Gasteiger partial charge in [-0.3, -0.25) is 0 Å². The van der Waals surface area contributed by atoms with Gasteiger partial charge in [0.2, 0.25) is 0 Å². The molecule has 0 radical (unpaired) electrons. The second-order valence-electron chi connectivity index (χ2n) is 3.86. The Kier molecular flexibility index (Phi) is 4.43. The molecule has 0 amide bonds. The number of ether oxygens (including phenoxy) is 3. The second-order valence-corrected chi connectivity index (χ2v) is 3.86. The molecule has 1 heterocycles. The molecule has 1 aromatic carbocycles. The van der Waals surface area contributed by atoms with Crippen LogP contribution >= 0.6 is 0 Å². The summed E-state index contributed by atoms with van der Waals surface area (Å²) in [7, 11) is 0. The van der Waals surface area contributed by atoms with Crippen molar-refractivity contribution < 1.29 is 27.4 Å². The van der Waals surface area contributed by atoms with Crippen molar-refractivity contribution in [2.75, 3.05) is 19.8 Å². The van der Waals surface area contributed by atoms with Crippen molar-refractivity contribution in [2.45, 2.75) is 19.1 Å². The lowest BCUT2D eigenvalue weighted by molar-refractivity contribution is -0.183. The monoisotopic (exact) mass is 262 g/mol. The average molecular weight is 262 g/mol. The molecule has 100 valence electrons. The highest BCUT2D eigenvalue weighted by Crippen LogP contribution is 2.19. The SMILES string of the molecule is Fc1cc(OCCC2OCCCO2)cc(F)c1F. The fourth-order valence-corrected chi connectivity index (χ4v) is 1.59. The molecule has 1 aliphatic rings. The van der Waals surface area contributed by atoms with Crippen LogP contribution in [0, 0.1) is 17.5 Å². The normalized spacial score (nSPS) is 16.8. The molecule has 0 spiro atoms. The van der Waals surface area contributed by atoms with E-state index in [9.17, 15) is 13.2 Å². The molecular formula is C12H13F3O3. The van der Waals surface area contributed by atoms with Crippen molar-refractivity contribution in [3.05, 3.63) is 29.6 Å². The third kappa shape index (κ3) is 3.36. The molecule has 0 saturated carbocycles. The summed E-state index contributed by atoms with van der Waals surface area (Å²) in [6, 6.07) is 1.61. The Labute approximate surface area is 102 Å². The van der Waals surface area contributed by atoms with Crippen LogP contribution in [0.3, 0.4) is 0 Å². The zero-order valence-electron chi connectivity index (χ0n) is 9.63. The predicted molar refractivity (Wildman–Crippen MR) is 56.7 cm³/mol. The van der Waals surface area contributed by atoms with Crippen molar-refractivity contribution >= 4 is 0 Å². The summed E-state index contributed by atoms with van der Waals surface area (Å²) in [6.45, 7) is 1.43. The molecule has 3 nitrogen and oxygen atoms in total. The number of halogens is 3. The van der Waals surface area contributed by atoms with E-state index in [0.717, 1.165) is 18.6 Å². The highest BCUT2D eigenvalue weighted by atomic mass is 19.2. The largest absolute Gasteiger partial charge is 0.493 e. The predicted octanol–water partition coefficient (Wildman–Crippen LogP) is 2.64. The van der Waals surface area contributed by atoms with E-state index in [-0.39, 0.29) is 18.6 Å². The lowest BCUT2D eigenvalue weighted by Crippen LogP contribution is -2.26. The first-order valence-corrected chi connectivity index (χ1v) is 5.67. The van der Waals surface area contributed by atoms with Crippen molar-refractivity contribution in [1.82, 2.24) is 0 Å².